The topological polar surface area (TPSA) is 68.0 Å². The van der Waals surface area contributed by atoms with Gasteiger partial charge in [-0.1, -0.05) is 30.7 Å². The maximum Gasteiger partial charge on any atom is 0.224 e. The molecule has 2 unspecified atom stereocenters. The number of rotatable bonds is 3. The van der Waals surface area contributed by atoms with Gasteiger partial charge in [0, 0.05) is 23.7 Å². The molecule has 2 aliphatic carbocycles. The SMILES string of the molecule is Cl.Cl.NC1CC2CCCC(C1)C2NC(=O)Cc1cccc2cccnc12. The minimum Gasteiger partial charge on any atom is -0.353 e. The third kappa shape index (κ3) is 4.30. The van der Waals surface area contributed by atoms with Gasteiger partial charge in [-0.3, -0.25) is 9.78 Å². The van der Waals surface area contributed by atoms with E-state index in [4.69, 9.17) is 5.73 Å². The second-order valence-corrected chi connectivity index (χ2v) is 7.44. The zero-order valence-electron chi connectivity index (χ0n) is 14.8. The summed E-state index contributed by atoms with van der Waals surface area (Å²) in [5.41, 5.74) is 8.12. The van der Waals surface area contributed by atoms with E-state index in [1.54, 1.807) is 6.20 Å². The molecule has 0 spiro atoms. The summed E-state index contributed by atoms with van der Waals surface area (Å²) >= 11 is 0. The first-order valence-electron chi connectivity index (χ1n) is 9.08. The molecule has 0 aliphatic heterocycles. The van der Waals surface area contributed by atoms with Gasteiger partial charge in [0.05, 0.1) is 11.9 Å². The summed E-state index contributed by atoms with van der Waals surface area (Å²) in [6.07, 6.45) is 7.97. The number of nitrogens with zero attached hydrogens (tertiary/aromatic N) is 1. The number of carbonyl (C=O) groups is 1. The van der Waals surface area contributed by atoms with E-state index in [1.165, 1.54) is 19.3 Å². The van der Waals surface area contributed by atoms with Crippen LogP contribution >= 0.6 is 24.8 Å². The van der Waals surface area contributed by atoms with Crippen LogP contribution < -0.4 is 11.1 Å². The van der Waals surface area contributed by atoms with E-state index < -0.39 is 0 Å². The zero-order chi connectivity index (χ0) is 16.5. The molecule has 6 heteroatoms. The van der Waals surface area contributed by atoms with Crippen LogP contribution in [0.25, 0.3) is 10.9 Å². The number of pyridine rings is 1. The molecule has 2 saturated carbocycles. The van der Waals surface area contributed by atoms with Crippen molar-refractivity contribution in [3.8, 4) is 0 Å². The zero-order valence-corrected chi connectivity index (χ0v) is 16.4. The van der Waals surface area contributed by atoms with E-state index in [-0.39, 0.29) is 30.7 Å². The van der Waals surface area contributed by atoms with Gasteiger partial charge in [-0.2, -0.15) is 0 Å². The van der Waals surface area contributed by atoms with E-state index in [2.05, 4.69) is 10.3 Å². The molecule has 1 aromatic heterocycles. The molecule has 2 fully saturated rings. The Balaban J connectivity index is 0.00000121. The van der Waals surface area contributed by atoms with Crippen LogP contribution in [0.5, 0.6) is 0 Å². The second kappa shape index (κ2) is 9.03. The highest BCUT2D eigenvalue weighted by Gasteiger charge is 2.39. The highest BCUT2D eigenvalue weighted by atomic mass is 35.5. The minimum atomic E-state index is 0. The Hall–Kier alpha value is -1.36. The van der Waals surface area contributed by atoms with Crippen molar-refractivity contribution in [2.45, 2.75) is 50.6 Å². The molecule has 0 radical (unpaired) electrons. The van der Waals surface area contributed by atoms with E-state index >= 15 is 0 Å². The second-order valence-electron chi connectivity index (χ2n) is 7.44. The third-order valence-electron chi connectivity index (χ3n) is 5.77. The Morgan fingerprint density at radius 2 is 1.81 bits per heavy atom. The number of para-hydroxylation sites is 1. The molecule has 1 aromatic carbocycles. The molecular weight excluding hydrogens is 369 g/mol. The van der Waals surface area contributed by atoms with E-state index in [0.717, 1.165) is 29.3 Å². The molecule has 1 amide bonds. The summed E-state index contributed by atoms with van der Waals surface area (Å²) in [5.74, 6) is 1.23. The van der Waals surface area contributed by atoms with Crippen molar-refractivity contribution in [2.75, 3.05) is 0 Å². The Labute approximate surface area is 167 Å². The number of hydrogen-bond acceptors (Lipinski definition) is 3. The lowest BCUT2D eigenvalue weighted by Gasteiger charge is -2.45. The Morgan fingerprint density at radius 3 is 2.54 bits per heavy atom. The van der Waals surface area contributed by atoms with Crippen molar-refractivity contribution in [3.63, 3.8) is 0 Å². The maximum atomic E-state index is 12.7. The average molecular weight is 396 g/mol. The minimum absolute atomic E-state index is 0. The van der Waals surface area contributed by atoms with Crippen molar-refractivity contribution in [2.24, 2.45) is 17.6 Å². The van der Waals surface area contributed by atoms with Gasteiger partial charge < -0.3 is 11.1 Å². The predicted molar refractivity (Wildman–Crippen MR) is 110 cm³/mol. The molecule has 1 heterocycles. The van der Waals surface area contributed by atoms with Gasteiger partial charge in [-0.05, 0) is 49.1 Å². The Kier molecular flexibility index (Phi) is 7.27. The third-order valence-corrected chi connectivity index (χ3v) is 5.77. The highest BCUT2D eigenvalue weighted by molar-refractivity contribution is 5.87. The maximum absolute atomic E-state index is 12.7. The van der Waals surface area contributed by atoms with Crippen molar-refractivity contribution in [1.29, 1.82) is 0 Å². The monoisotopic (exact) mass is 395 g/mol. The summed E-state index contributed by atoms with van der Waals surface area (Å²) in [4.78, 5) is 17.1. The standard InChI is InChI=1S/C20H25N3O.2ClH/c21-17-10-14-5-2-6-15(11-17)20(14)23-18(24)12-16-7-1-4-13-8-3-9-22-19(13)16;;/h1,3-4,7-9,14-15,17,20H,2,5-6,10-12,21H2,(H,23,24);2*1H. The van der Waals surface area contributed by atoms with Crippen LogP contribution in [-0.2, 0) is 11.2 Å². The van der Waals surface area contributed by atoms with Gasteiger partial charge in [-0.25, -0.2) is 0 Å². The number of fused-ring (bicyclic) bond motifs is 3. The van der Waals surface area contributed by atoms with E-state index in [1.807, 2.05) is 30.3 Å². The van der Waals surface area contributed by atoms with Crippen molar-refractivity contribution in [3.05, 3.63) is 42.1 Å². The Morgan fingerprint density at radius 1 is 1.12 bits per heavy atom. The molecule has 4 rings (SSSR count). The summed E-state index contributed by atoms with van der Waals surface area (Å²) in [6.45, 7) is 0. The number of halogens is 2. The number of amides is 1. The first-order valence-corrected chi connectivity index (χ1v) is 9.08. The van der Waals surface area contributed by atoms with E-state index in [9.17, 15) is 4.79 Å². The fraction of sp³-hybridized carbons (Fsp3) is 0.500. The van der Waals surface area contributed by atoms with Gasteiger partial charge >= 0.3 is 0 Å². The molecule has 26 heavy (non-hydrogen) atoms. The number of benzene rings is 1. The Bertz CT molecular complexity index is 735. The van der Waals surface area contributed by atoms with Gasteiger partial charge in [0.15, 0.2) is 0 Å². The fourth-order valence-electron chi connectivity index (χ4n) is 4.74. The van der Waals surface area contributed by atoms with Gasteiger partial charge in [-0.15, -0.1) is 24.8 Å². The summed E-state index contributed by atoms with van der Waals surface area (Å²) < 4.78 is 0. The normalized spacial score (nSPS) is 27.1. The molecule has 0 saturated heterocycles. The summed E-state index contributed by atoms with van der Waals surface area (Å²) in [7, 11) is 0. The van der Waals surface area contributed by atoms with Crippen LogP contribution in [0.15, 0.2) is 36.5 Å². The van der Waals surface area contributed by atoms with Crippen LogP contribution in [0.1, 0.15) is 37.7 Å². The fourth-order valence-corrected chi connectivity index (χ4v) is 4.74. The van der Waals surface area contributed by atoms with Crippen LogP contribution in [0, 0.1) is 11.8 Å². The van der Waals surface area contributed by atoms with Crippen LogP contribution in [0.2, 0.25) is 0 Å². The first-order chi connectivity index (χ1) is 11.7. The number of nitrogens with two attached hydrogens (primary N) is 1. The quantitative estimate of drug-likeness (QED) is 0.832. The largest absolute Gasteiger partial charge is 0.353 e. The number of carbonyl (C=O) groups excluding carboxylic acids is 1. The van der Waals surface area contributed by atoms with E-state index in [0.29, 0.717) is 30.3 Å². The number of hydrogen-bond donors (Lipinski definition) is 2. The van der Waals surface area contributed by atoms with Crippen LogP contribution in [0.3, 0.4) is 0 Å². The summed E-state index contributed by atoms with van der Waals surface area (Å²) in [5, 5.41) is 4.42. The van der Waals surface area contributed by atoms with Crippen molar-refractivity contribution >= 4 is 41.6 Å². The first kappa shape index (κ1) is 20.9. The molecule has 2 aliphatic rings. The molecule has 142 valence electrons. The molecular formula is C20H27Cl2N3O. The highest BCUT2D eigenvalue weighted by Crippen LogP contribution is 2.39. The lowest BCUT2D eigenvalue weighted by molar-refractivity contribution is -0.122. The summed E-state index contributed by atoms with van der Waals surface area (Å²) in [6, 6.07) is 10.6. The molecule has 2 atom stereocenters. The predicted octanol–water partition coefficient (Wildman–Crippen LogP) is 3.64. The van der Waals surface area contributed by atoms with Gasteiger partial charge in [0.25, 0.3) is 0 Å². The van der Waals surface area contributed by atoms with Crippen LogP contribution in [0.4, 0.5) is 0 Å². The smallest absolute Gasteiger partial charge is 0.224 e. The van der Waals surface area contributed by atoms with Gasteiger partial charge in [0.1, 0.15) is 0 Å². The van der Waals surface area contributed by atoms with Crippen molar-refractivity contribution in [1.82, 2.24) is 10.3 Å². The number of nitrogens with one attached hydrogen (secondary N) is 1. The average Bonchev–Trinajstić information content (AvgIpc) is 2.56. The lowest BCUT2D eigenvalue weighted by Crippen LogP contribution is -2.54. The van der Waals surface area contributed by atoms with Crippen molar-refractivity contribution < 1.29 is 4.79 Å². The molecule has 2 bridgehead atoms. The van der Waals surface area contributed by atoms with Gasteiger partial charge in [0.2, 0.25) is 5.91 Å². The number of aromatic nitrogens is 1. The molecule has 2 aromatic rings. The molecule has 3 N–H and O–H groups in total. The molecule has 4 nitrogen and oxygen atoms in total. The van der Waals surface area contributed by atoms with Crippen LogP contribution in [-0.4, -0.2) is 23.0 Å². The lowest BCUT2D eigenvalue weighted by atomic mass is 9.67.